The fraction of sp³-hybridized carbons (Fsp3) is 0.208. The molecule has 0 spiro atoms. The maximum absolute atomic E-state index is 9.90. The zero-order chi connectivity index (χ0) is 20.9. The molecule has 2 aromatic carbocycles. The number of hydrogen-bond acceptors (Lipinski definition) is 6. The molecule has 1 heterocycles. The highest BCUT2D eigenvalue weighted by atomic mass is 32.2. The Kier molecular flexibility index (Phi) is 5.88. The lowest BCUT2D eigenvalue weighted by atomic mass is 9.95. The molecule has 1 fully saturated rings. The molecule has 1 aliphatic carbocycles. The van der Waals surface area contributed by atoms with Crippen LogP contribution in [0.3, 0.4) is 0 Å². The number of benzene rings is 2. The maximum atomic E-state index is 9.90. The highest BCUT2D eigenvalue weighted by Gasteiger charge is 2.22. The van der Waals surface area contributed by atoms with Gasteiger partial charge in [0.1, 0.15) is 34.3 Å². The van der Waals surface area contributed by atoms with Crippen LogP contribution in [-0.2, 0) is 5.75 Å². The van der Waals surface area contributed by atoms with E-state index in [9.17, 15) is 10.5 Å². The van der Waals surface area contributed by atoms with Gasteiger partial charge in [-0.25, -0.2) is 4.98 Å². The van der Waals surface area contributed by atoms with Gasteiger partial charge >= 0.3 is 0 Å². The van der Waals surface area contributed by atoms with Crippen molar-refractivity contribution in [3.63, 3.8) is 0 Å². The van der Waals surface area contributed by atoms with Crippen LogP contribution in [0, 0.1) is 22.7 Å². The number of ether oxygens (including phenoxy) is 1. The van der Waals surface area contributed by atoms with Crippen molar-refractivity contribution in [1.29, 1.82) is 10.5 Å². The van der Waals surface area contributed by atoms with Crippen molar-refractivity contribution < 1.29 is 4.74 Å². The number of aromatic nitrogens is 1. The second kappa shape index (κ2) is 8.90. The molecule has 0 atom stereocenters. The van der Waals surface area contributed by atoms with Crippen LogP contribution in [-0.4, -0.2) is 11.1 Å². The molecule has 0 aliphatic heterocycles. The zero-order valence-corrected chi connectivity index (χ0v) is 17.2. The summed E-state index contributed by atoms with van der Waals surface area (Å²) in [6.45, 7) is 0. The Morgan fingerprint density at radius 3 is 2.30 bits per heavy atom. The van der Waals surface area contributed by atoms with Gasteiger partial charge in [0.2, 0.25) is 0 Å². The molecular weight excluding hydrogens is 392 g/mol. The van der Waals surface area contributed by atoms with Crippen LogP contribution in [0.25, 0.3) is 11.1 Å². The summed E-state index contributed by atoms with van der Waals surface area (Å²) in [4.78, 5) is 4.36. The van der Waals surface area contributed by atoms with Gasteiger partial charge < -0.3 is 10.5 Å². The van der Waals surface area contributed by atoms with Gasteiger partial charge in [0.05, 0.1) is 11.7 Å². The van der Waals surface area contributed by atoms with Crippen LogP contribution in [0.5, 0.6) is 5.75 Å². The third-order valence-electron chi connectivity index (χ3n) is 5.13. The minimum Gasteiger partial charge on any atom is -0.490 e. The van der Waals surface area contributed by atoms with E-state index in [1.165, 1.54) is 18.2 Å². The molecule has 6 heteroatoms. The second-order valence-corrected chi connectivity index (χ2v) is 8.08. The number of anilines is 1. The van der Waals surface area contributed by atoms with Crippen LogP contribution in [0.1, 0.15) is 36.0 Å². The predicted molar refractivity (Wildman–Crippen MR) is 118 cm³/mol. The number of nitrogen functional groups attached to an aromatic ring is 1. The molecule has 148 valence electrons. The summed E-state index contributed by atoms with van der Waals surface area (Å²) in [5, 5.41) is 20.1. The molecule has 0 saturated heterocycles. The highest BCUT2D eigenvalue weighted by Crippen LogP contribution is 2.37. The lowest BCUT2D eigenvalue weighted by Crippen LogP contribution is -2.24. The quantitative estimate of drug-likeness (QED) is 0.552. The molecule has 0 radical (unpaired) electrons. The molecule has 0 bridgehead atoms. The van der Waals surface area contributed by atoms with Crippen molar-refractivity contribution in [2.75, 3.05) is 5.73 Å². The van der Waals surface area contributed by atoms with E-state index in [0.717, 1.165) is 29.7 Å². The molecule has 1 aromatic heterocycles. The van der Waals surface area contributed by atoms with Gasteiger partial charge in [-0.15, -0.1) is 11.8 Å². The second-order valence-electron chi connectivity index (χ2n) is 7.12. The van der Waals surface area contributed by atoms with Crippen molar-refractivity contribution in [2.45, 2.75) is 36.1 Å². The normalized spacial score (nSPS) is 13.1. The average molecular weight is 413 g/mol. The molecule has 30 heavy (non-hydrogen) atoms. The first-order chi connectivity index (χ1) is 14.7. The molecule has 1 saturated carbocycles. The standard InChI is InChI=1S/C24H20N4OS/c25-13-20-22(17-9-11-19(12-10-17)29-18-7-4-8-18)21(14-26)24(28-23(20)27)30-15-16-5-2-1-3-6-16/h1-3,5-6,9-12,18H,4,7-8,15H2,(H2,27,28). The largest absolute Gasteiger partial charge is 0.490 e. The van der Waals surface area contributed by atoms with Gasteiger partial charge in [-0.3, -0.25) is 0 Å². The van der Waals surface area contributed by atoms with E-state index in [2.05, 4.69) is 17.1 Å². The van der Waals surface area contributed by atoms with E-state index in [1.807, 2.05) is 54.6 Å². The first-order valence-electron chi connectivity index (χ1n) is 9.77. The van der Waals surface area contributed by atoms with Gasteiger partial charge in [0.15, 0.2) is 0 Å². The van der Waals surface area contributed by atoms with E-state index in [1.54, 1.807) is 0 Å². The van der Waals surface area contributed by atoms with Gasteiger partial charge in [-0.2, -0.15) is 10.5 Å². The molecular formula is C24H20N4OS. The Morgan fingerprint density at radius 1 is 1.00 bits per heavy atom. The molecule has 0 amide bonds. The Balaban J connectivity index is 1.69. The fourth-order valence-electron chi connectivity index (χ4n) is 3.30. The van der Waals surface area contributed by atoms with E-state index in [4.69, 9.17) is 10.5 Å². The van der Waals surface area contributed by atoms with Crippen LogP contribution in [0.15, 0.2) is 59.6 Å². The van der Waals surface area contributed by atoms with E-state index >= 15 is 0 Å². The lowest BCUT2D eigenvalue weighted by Gasteiger charge is -2.26. The van der Waals surface area contributed by atoms with Crippen molar-refractivity contribution in [3.8, 4) is 29.0 Å². The van der Waals surface area contributed by atoms with Gasteiger partial charge in [0, 0.05) is 11.3 Å². The number of nitrogens with zero attached hydrogens (tertiary/aromatic N) is 3. The van der Waals surface area contributed by atoms with Gasteiger partial charge in [-0.1, -0.05) is 42.5 Å². The summed E-state index contributed by atoms with van der Waals surface area (Å²) in [6.07, 6.45) is 3.67. The number of rotatable bonds is 6. The molecule has 2 N–H and O–H groups in total. The summed E-state index contributed by atoms with van der Waals surface area (Å²) < 4.78 is 5.92. The minimum atomic E-state index is 0.136. The van der Waals surface area contributed by atoms with Crippen molar-refractivity contribution in [2.24, 2.45) is 0 Å². The van der Waals surface area contributed by atoms with Crippen molar-refractivity contribution >= 4 is 17.6 Å². The SMILES string of the molecule is N#Cc1c(N)nc(SCc2ccccc2)c(C#N)c1-c1ccc(OC2CCC2)cc1. The van der Waals surface area contributed by atoms with Crippen molar-refractivity contribution in [1.82, 2.24) is 4.98 Å². The Labute approximate surface area is 180 Å². The van der Waals surface area contributed by atoms with Crippen molar-refractivity contribution in [3.05, 3.63) is 71.3 Å². The lowest BCUT2D eigenvalue weighted by molar-refractivity contribution is 0.120. The number of pyridine rings is 1. The summed E-state index contributed by atoms with van der Waals surface area (Å²) in [5.41, 5.74) is 9.09. The monoisotopic (exact) mass is 412 g/mol. The first kappa shape index (κ1) is 19.8. The molecule has 5 nitrogen and oxygen atoms in total. The number of nitriles is 2. The molecule has 1 aliphatic rings. The summed E-state index contributed by atoms with van der Waals surface area (Å²) in [5.74, 6) is 1.58. The minimum absolute atomic E-state index is 0.136. The maximum Gasteiger partial charge on any atom is 0.143 e. The smallest absolute Gasteiger partial charge is 0.143 e. The summed E-state index contributed by atoms with van der Waals surface area (Å²) in [6, 6.07) is 21.8. The van der Waals surface area contributed by atoms with E-state index < -0.39 is 0 Å². The Hall–Kier alpha value is -3.48. The summed E-state index contributed by atoms with van der Waals surface area (Å²) in [7, 11) is 0. The number of hydrogen-bond donors (Lipinski definition) is 1. The average Bonchev–Trinajstić information content (AvgIpc) is 2.75. The number of thioether (sulfide) groups is 1. The van der Waals surface area contributed by atoms with E-state index in [-0.39, 0.29) is 17.5 Å². The third-order valence-corrected chi connectivity index (χ3v) is 6.18. The first-order valence-corrected chi connectivity index (χ1v) is 10.8. The summed E-state index contributed by atoms with van der Waals surface area (Å²) >= 11 is 1.44. The van der Waals surface area contributed by atoms with E-state index in [0.29, 0.717) is 21.9 Å². The molecule has 0 unspecified atom stereocenters. The van der Waals surface area contributed by atoms with Gasteiger partial charge in [-0.05, 0) is 42.5 Å². The Bertz CT molecular complexity index is 1130. The fourth-order valence-corrected chi connectivity index (χ4v) is 4.25. The zero-order valence-electron chi connectivity index (χ0n) is 16.3. The Morgan fingerprint density at radius 2 is 1.70 bits per heavy atom. The predicted octanol–water partition coefficient (Wildman–Crippen LogP) is 5.30. The van der Waals surface area contributed by atoms with Gasteiger partial charge in [0.25, 0.3) is 0 Å². The van der Waals surface area contributed by atoms with Crippen LogP contribution >= 0.6 is 11.8 Å². The van der Waals surface area contributed by atoms with Crippen LogP contribution in [0.4, 0.5) is 5.82 Å². The van der Waals surface area contributed by atoms with Crippen LogP contribution in [0.2, 0.25) is 0 Å². The highest BCUT2D eigenvalue weighted by molar-refractivity contribution is 7.98. The molecule has 3 aromatic rings. The molecule has 4 rings (SSSR count). The topological polar surface area (TPSA) is 95.7 Å². The number of nitrogens with two attached hydrogens (primary N) is 1. The third kappa shape index (κ3) is 4.10. The van der Waals surface area contributed by atoms with Crippen LogP contribution < -0.4 is 10.5 Å².